The van der Waals surface area contributed by atoms with Gasteiger partial charge in [-0.25, -0.2) is 0 Å². The minimum absolute atomic E-state index is 0.201. The third kappa shape index (κ3) is 15.0. The van der Waals surface area contributed by atoms with Gasteiger partial charge in [-0.15, -0.1) is 0 Å². The summed E-state index contributed by atoms with van der Waals surface area (Å²) in [4.78, 5) is 10.3. The number of hydrogen-bond donors (Lipinski definition) is 3. The van der Waals surface area contributed by atoms with Crippen molar-refractivity contribution in [3.63, 3.8) is 0 Å². The van der Waals surface area contributed by atoms with Gasteiger partial charge in [0.2, 0.25) is 0 Å². The fourth-order valence-corrected chi connectivity index (χ4v) is 1.79. The van der Waals surface area contributed by atoms with Gasteiger partial charge in [-0.2, -0.15) is 0 Å². The molecule has 0 amide bonds. The van der Waals surface area contributed by atoms with Crippen molar-refractivity contribution in [1.82, 2.24) is 0 Å². The van der Waals surface area contributed by atoms with Gasteiger partial charge in [0.05, 0.1) is 0 Å². The molecule has 0 unspecified atom stereocenters. The predicted octanol–water partition coefficient (Wildman–Crippen LogP) is 3.93. The summed E-state index contributed by atoms with van der Waals surface area (Å²) in [6.07, 6.45) is 20.7. The lowest BCUT2D eigenvalue weighted by atomic mass is 10.1. The van der Waals surface area contributed by atoms with Crippen LogP contribution in [0.1, 0.15) is 45.4 Å². The van der Waals surface area contributed by atoms with Crippen molar-refractivity contribution in [2.75, 3.05) is 0 Å². The smallest absolute Gasteiger partial charge is 0.303 e. The largest absolute Gasteiger partial charge is 0.481 e. The second-order valence-electron chi connectivity index (χ2n) is 5.33. The Kier molecular flexibility index (Phi) is 14.7. The van der Waals surface area contributed by atoms with Gasteiger partial charge >= 0.3 is 5.97 Å². The summed E-state index contributed by atoms with van der Waals surface area (Å²) in [5.41, 5.74) is 0. The van der Waals surface area contributed by atoms with Crippen molar-refractivity contribution in [2.45, 2.75) is 57.7 Å². The highest BCUT2D eigenvalue weighted by Crippen LogP contribution is 2.01. The van der Waals surface area contributed by atoms with Crippen LogP contribution in [0.4, 0.5) is 0 Å². The zero-order valence-corrected chi connectivity index (χ0v) is 14.4. The molecule has 0 aromatic heterocycles. The number of carbonyl (C=O) groups is 1. The van der Waals surface area contributed by atoms with Gasteiger partial charge < -0.3 is 15.3 Å². The molecule has 0 heterocycles. The molecule has 0 aromatic rings. The number of aliphatic hydroxyl groups is 2. The fourth-order valence-electron chi connectivity index (χ4n) is 1.79. The number of unbranched alkanes of at least 4 members (excludes halogenated alkanes) is 1. The summed E-state index contributed by atoms with van der Waals surface area (Å²) < 4.78 is 0. The molecule has 3 N–H and O–H groups in total. The summed E-state index contributed by atoms with van der Waals surface area (Å²) in [5.74, 6) is -0.763. The molecule has 0 rings (SSSR count). The molecule has 0 spiro atoms. The van der Waals surface area contributed by atoms with Gasteiger partial charge in [0.1, 0.15) is 12.2 Å². The van der Waals surface area contributed by atoms with E-state index in [1.54, 1.807) is 18.2 Å². The van der Waals surface area contributed by atoms with E-state index >= 15 is 0 Å². The molecule has 0 saturated carbocycles. The standard InChI is InChI=1S/C20H30O4/c1-2-3-4-9-12-15-18(21)19(22)16-13-10-7-5-6-8-11-14-17-20(23)24/h3-4,6-8,10,12-13,15-16,18-19,21-22H,2,5,9,11,14,17H2,1H3,(H,23,24)/b4-3-,8-6+,10-7-,15-12-,16-13-/t18-,19-/m1/s1. The van der Waals surface area contributed by atoms with E-state index in [4.69, 9.17) is 5.11 Å². The summed E-state index contributed by atoms with van der Waals surface area (Å²) in [6.45, 7) is 2.06. The molecule has 134 valence electrons. The van der Waals surface area contributed by atoms with Crippen molar-refractivity contribution >= 4 is 5.97 Å². The fraction of sp³-hybridized carbons (Fsp3) is 0.450. The average Bonchev–Trinajstić information content (AvgIpc) is 2.55. The molecule has 0 aromatic carbocycles. The number of rotatable bonds is 13. The van der Waals surface area contributed by atoms with Crippen LogP contribution < -0.4 is 0 Å². The Bertz CT molecular complexity index is 458. The van der Waals surface area contributed by atoms with Gasteiger partial charge in [-0.1, -0.05) is 67.7 Å². The Morgan fingerprint density at radius 1 is 0.875 bits per heavy atom. The normalized spacial score (nSPS) is 15.5. The van der Waals surface area contributed by atoms with E-state index in [0.29, 0.717) is 6.42 Å². The topological polar surface area (TPSA) is 77.8 Å². The van der Waals surface area contributed by atoms with E-state index in [2.05, 4.69) is 13.0 Å². The number of allylic oxidation sites excluding steroid dienone is 8. The first-order valence-electron chi connectivity index (χ1n) is 8.45. The maximum atomic E-state index is 10.3. The maximum absolute atomic E-state index is 10.3. The average molecular weight is 334 g/mol. The van der Waals surface area contributed by atoms with Crippen LogP contribution in [-0.2, 0) is 4.79 Å². The zero-order chi connectivity index (χ0) is 18.0. The van der Waals surface area contributed by atoms with Crippen molar-refractivity contribution in [2.24, 2.45) is 0 Å². The molecule has 24 heavy (non-hydrogen) atoms. The molecule has 4 heteroatoms. The van der Waals surface area contributed by atoms with Crippen molar-refractivity contribution in [3.8, 4) is 0 Å². The van der Waals surface area contributed by atoms with Gasteiger partial charge in [-0.05, 0) is 32.1 Å². The first kappa shape index (κ1) is 22.1. The minimum atomic E-state index is -0.924. The van der Waals surface area contributed by atoms with Crippen LogP contribution in [0, 0.1) is 0 Å². The highest BCUT2D eigenvalue weighted by atomic mass is 16.4. The van der Waals surface area contributed by atoms with E-state index in [-0.39, 0.29) is 6.42 Å². The van der Waals surface area contributed by atoms with Crippen LogP contribution in [0.3, 0.4) is 0 Å². The Morgan fingerprint density at radius 3 is 2.25 bits per heavy atom. The third-order valence-corrected chi connectivity index (χ3v) is 3.11. The van der Waals surface area contributed by atoms with E-state index in [0.717, 1.165) is 25.7 Å². The van der Waals surface area contributed by atoms with Crippen LogP contribution in [0.2, 0.25) is 0 Å². The van der Waals surface area contributed by atoms with Gasteiger partial charge in [0.25, 0.3) is 0 Å². The second kappa shape index (κ2) is 16.0. The molecular formula is C20H30O4. The SMILES string of the molecule is CC/C=C\C/C=C\[C@@H](O)[C@H](O)/C=C\C=C/C/C=C/CCCC(=O)O. The zero-order valence-electron chi connectivity index (χ0n) is 14.4. The number of aliphatic carboxylic acids is 1. The summed E-state index contributed by atoms with van der Waals surface area (Å²) in [6, 6.07) is 0. The van der Waals surface area contributed by atoms with Crippen LogP contribution >= 0.6 is 0 Å². The first-order chi connectivity index (χ1) is 11.6. The maximum Gasteiger partial charge on any atom is 0.303 e. The van der Waals surface area contributed by atoms with Crippen LogP contribution in [0.15, 0.2) is 60.8 Å². The van der Waals surface area contributed by atoms with Crippen molar-refractivity contribution in [3.05, 3.63) is 60.8 Å². The summed E-state index contributed by atoms with van der Waals surface area (Å²) in [5, 5.41) is 28.0. The van der Waals surface area contributed by atoms with Crippen LogP contribution in [0.25, 0.3) is 0 Å². The molecule has 0 saturated heterocycles. The van der Waals surface area contributed by atoms with Gasteiger partial charge in [0.15, 0.2) is 0 Å². The van der Waals surface area contributed by atoms with E-state index in [9.17, 15) is 15.0 Å². The van der Waals surface area contributed by atoms with Crippen LogP contribution in [0.5, 0.6) is 0 Å². The van der Waals surface area contributed by atoms with Gasteiger partial charge in [0, 0.05) is 6.42 Å². The Balaban J connectivity index is 3.88. The Hall–Kier alpha value is -1.91. The number of aliphatic hydroxyl groups excluding tert-OH is 2. The molecular weight excluding hydrogens is 304 g/mol. The first-order valence-corrected chi connectivity index (χ1v) is 8.45. The molecule has 0 radical (unpaired) electrons. The summed E-state index contributed by atoms with van der Waals surface area (Å²) in [7, 11) is 0. The lowest BCUT2D eigenvalue weighted by molar-refractivity contribution is -0.137. The molecule has 2 atom stereocenters. The molecule has 0 aliphatic rings. The second-order valence-corrected chi connectivity index (χ2v) is 5.33. The molecule has 4 nitrogen and oxygen atoms in total. The van der Waals surface area contributed by atoms with Crippen molar-refractivity contribution < 1.29 is 20.1 Å². The van der Waals surface area contributed by atoms with E-state index in [1.165, 1.54) is 0 Å². The summed E-state index contributed by atoms with van der Waals surface area (Å²) >= 11 is 0. The number of carboxylic acids is 1. The van der Waals surface area contributed by atoms with Crippen molar-refractivity contribution in [1.29, 1.82) is 0 Å². The molecule has 0 aliphatic carbocycles. The molecule has 0 fully saturated rings. The number of carboxylic acid groups (broad SMARTS) is 1. The number of hydrogen-bond acceptors (Lipinski definition) is 3. The highest BCUT2D eigenvalue weighted by Gasteiger charge is 2.07. The Labute approximate surface area is 145 Å². The van der Waals surface area contributed by atoms with E-state index < -0.39 is 18.2 Å². The molecule has 0 bridgehead atoms. The Morgan fingerprint density at radius 2 is 1.54 bits per heavy atom. The van der Waals surface area contributed by atoms with Gasteiger partial charge in [-0.3, -0.25) is 4.79 Å². The monoisotopic (exact) mass is 334 g/mol. The lowest BCUT2D eigenvalue weighted by Gasteiger charge is -2.09. The third-order valence-electron chi connectivity index (χ3n) is 3.11. The highest BCUT2D eigenvalue weighted by molar-refractivity contribution is 5.66. The molecule has 0 aliphatic heterocycles. The minimum Gasteiger partial charge on any atom is -0.481 e. The lowest BCUT2D eigenvalue weighted by Crippen LogP contribution is -2.20. The van der Waals surface area contributed by atoms with Crippen LogP contribution in [-0.4, -0.2) is 33.5 Å². The predicted molar refractivity (Wildman–Crippen MR) is 98.7 cm³/mol. The van der Waals surface area contributed by atoms with E-state index in [1.807, 2.05) is 36.5 Å². The quantitative estimate of drug-likeness (QED) is 0.271.